The maximum absolute atomic E-state index is 12.8. The molecule has 3 aromatic rings. The van der Waals surface area contributed by atoms with Crippen LogP contribution >= 0.6 is 0 Å². The van der Waals surface area contributed by atoms with Crippen LogP contribution in [0.5, 0.6) is 0 Å². The van der Waals surface area contributed by atoms with Crippen molar-refractivity contribution < 1.29 is 4.39 Å². The van der Waals surface area contributed by atoms with E-state index in [2.05, 4.69) is 20.3 Å². The van der Waals surface area contributed by atoms with Crippen LogP contribution in [-0.2, 0) is 6.54 Å². The van der Waals surface area contributed by atoms with Gasteiger partial charge in [0, 0.05) is 18.9 Å². The Morgan fingerprint density at radius 3 is 2.70 bits per heavy atom. The van der Waals surface area contributed by atoms with Crippen LogP contribution < -0.4 is 5.32 Å². The van der Waals surface area contributed by atoms with Crippen molar-refractivity contribution in [3.8, 4) is 5.82 Å². The van der Waals surface area contributed by atoms with Crippen molar-refractivity contribution in [2.45, 2.75) is 6.54 Å². The Labute approximate surface area is 115 Å². The summed E-state index contributed by atoms with van der Waals surface area (Å²) in [4.78, 5) is 12.5. The van der Waals surface area contributed by atoms with Crippen LogP contribution in [0.1, 0.15) is 5.56 Å². The van der Waals surface area contributed by atoms with Gasteiger partial charge in [0.25, 0.3) is 0 Å². The zero-order valence-corrected chi connectivity index (χ0v) is 10.6. The summed E-state index contributed by atoms with van der Waals surface area (Å²) in [7, 11) is 0. The number of anilines is 1. The molecule has 0 unspecified atom stereocenters. The van der Waals surface area contributed by atoms with E-state index in [1.165, 1.54) is 12.1 Å². The highest BCUT2D eigenvalue weighted by Gasteiger charge is 2.01. The van der Waals surface area contributed by atoms with Crippen LogP contribution in [0.4, 0.5) is 10.2 Å². The van der Waals surface area contributed by atoms with E-state index in [1.807, 2.05) is 0 Å². The third kappa shape index (κ3) is 2.80. The molecule has 0 amide bonds. The number of hydrogen-bond acceptors (Lipinski definition) is 4. The molecule has 2 heterocycles. The topological polar surface area (TPSA) is 55.6 Å². The van der Waals surface area contributed by atoms with Gasteiger partial charge in [0.15, 0.2) is 5.82 Å². The Balaban J connectivity index is 1.72. The highest BCUT2D eigenvalue weighted by Crippen LogP contribution is 2.09. The molecule has 6 heteroatoms. The van der Waals surface area contributed by atoms with Gasteiger partial charge in [0.2, 0.25) is 0 Å². The van der Waals surface area contributed by atoms with Crippen molar-refractivity contribution in [2.24, 2.45) is 0 Å². The largest absolute Gasteiger partial charge is 0.365 e. The lowest BCUT2D eigenvalue weighted by Gasteiger charge is -2.07. The zero-order chi connectivity index (χ0) is 13.8. The first-order chi connectivity index (χ1) is 9.81. The van der Waals surface area contributed by atoms with Gasteiger partial charge in [-0.25, -0.2) is 14.4 Å². The number of nitrogens with one attached hydrogen (secondary N) is 1. The molecule has 2 aromatic heterocycles. The third-order valence-electron chi connectivity index (χ3n) is 2.78. The smallest absolute Gasteiger partial charge is 0.158 e. The lowest BCUT2D eigenvalue weighted by Crippen LogP contribution is -2.04. The van der Waals surface area contributed by atoms with E-state index >= 15 is 0 Å². The molecule has 0 atom stereocenters. The molecule has 1 N–H and O–H groups in total. The first-order valence-electron chi connectivity index (χ1n) is 6.10. The van der Waals surface area contributed by atoms with E-state index in [4.69, 9.17) is 0 Å². The fraction of sp³-hybridized carbons (Fsp3) is 0.0714. The van der Waals surface area contributed by atoms with Crippen molar-refractivity contribution >= 4 is 5.82 Å². The summed E-state index contributed by atoms with van der Waals surface area (Å²) in [6, 6.07) is 6.33. The second kappa shape index (κ2) is 5.48. The number of nitrogens with zero attached hydrogens (tertiary/aromatic N) is 4. The summed E-state index contributed by atoms with van der Waals surface area (Å²) >= 11 is 0. The van der Waals surface area contributed by atoms with Crippen molar-refractivity contribution in [3.63, 3.8) is 0 Å². The van der Waals surface area contributed by atoms with Gasteiger partial charge >= 0.3 is 0 Å². The molecule has 20 heavy (non-hydrogen) atoms. The minimum absolute atomic E-state index is 0.240. The molecule has 1 aromatic carbocycles. The maximum Gasteiger partial charge on any atom is 0.158 e. The van der Waals surface area contributed by atoms with Gasteiger partial charge in [-0.3, -0.25) is 9.55 Å². The lowest BCUT2D eigenvalue weighted by atomic mass is 10.2. The summed E-state index contributed by atoms with van der Waals surface area (Å²) in [5, 5.41) is 3.15. The molecule has 0 saturated carbocycles. The number of halogens is 1. The van der Waals surface area contributed by atoms with Gasteiger partial charge in [-0.15, -0.1) is 0 Å². The average Bonchev–Trinajstić information content (AvgIpc) is 3.01. The molecule has 0 saturated heterocycles. The summed E-state index contributed by atoms with van der Waals surface area (Å²) in [5.74, 6) is 1.10. The Kier molecular flexibility index (Phi) is 3.36. The molecule has 0 spiro atoms. The van der Waals surface area contributed by atoms with Gasteiger partial charge in [-0.1, -0.05) is 12.1 Å². The standard InChI is InChI=1S/C14H12FN5/c15-12-3-1-11(2-4-12)7-18-13-8-17-9-14(19-13)20-6-5-16-10-20/h1-6,8-10H,7H2,(H,18,19). The number of benzene rings is 1. The molecular formula is C14H12FN5. The quantitative estimate of drug-likeness (QED) is 0.790. The molecule has 5 nitrogen and oxygen atoms in total. The number of aromatic nitrogens is 4. The molecule has 0 aliphatic heterocycles. The van der Waals surface area contributed by atoms with E-state index in [0.29, 0.717) is 18.2 Å². The Morgan fingerprint density at radius 1 is 1.10 bits per heavy atom. The molecule has 0 aliphatic carbocycles. The maximum atomic E-state index is 12.8. The van der Waals surface area contributed by atoms with Crippen LogP contribution in [0.25, 0.3) is 5.82 Å². The summed E-state index contributed by atoms with van der Waals surface area (Å²) in [5.41, 5.74) is 0.973. The van der Waals surface area contributed by atoms with E-state index in [-0.39, 0.29) is 5.82 Å². The van der Waals surface area contributed by atoms with Crippen LogP contribution in [0.3, 0.4) is 0 Å². The van der Waals surface area contributed by atoms with Crippen LogP contribution in [0.15, 0.2) is 55.4 Å². The summed E-state index contributed by atoms with van der Waals surface area (Å²) in [6.07, 6.45) is 8.44. The molecule has 3 rings (SSSR count). The first-order valence-corrected chi connectivity index (χ1v) is 6.10. The van der Waals surface area contributed by atoms with E-state index in [0.717, 1.165) is 5.56 Å². The van der Waals surface area contributed by atoms with E-state index in [1.54, 1.807) is 47.8 Å². The van der Waals surface area contributed by atoms with Crippen molar-refractivity contribution in [3.05, 3.63) is 66.8 Å². The minimum atomic E-state index is -0.240. The fourth-order valence-corrected chi connectivity index (χ4v) is 1.75. The van der Waals surface area contributed by atoms with Crippen molar-refractivity contribution in [1.82, 2.24) is 19.5 Å². The Bertz CT molecular complexity index is 679. The Morgan fingerprint density at radius 2 is 1.95 bits per heavy atom. The van der Waals surface area contributed by atoms with E-state index < -0.39 is 0 Å². The van der Waals surface area contributed by atoms with Gasteiger partial charge in [0.1, 0.15) is 18.0 Å². The summed E-state index contributed by atoms with van der Waals surface area (Å²) in [6.45, 7) is 0.558. The minimum Gasteiger partial charge on any atom is -0.365 e. The molecular weight excluding hydrogens is 257 g/mol. The van der Waals surface area contributed by atoms with E-state index in [9.17, 15) is 4.39 Å². The molecule has 0 fully saturated rings. The van der Waals surface area contributed by atoms with Crippen LogP contribution in [0.2, 0.25) is 0 Å². The van der Waals surface area contributed by atoms with Gasteiger partial charge in [-0.2, -0.15) is 0 Å². The van der Waals surface area contributed by atoms with Crippen molar-refractivity contribution in [1.29, 1.82) is 0 Å². The monoisotopic (exact) mass is 269 g/mol. The first kappa shape index (κ1) is 12.3. The molecule has 100 valence electrons. The van der Waals surface area contributed by atoms with Gasteiger partial charge in [-0.05, 0) is 17.7 Å². The zero-order valence-electron chi connectivity index (χ0n) is 10.6. The SMILES string of the molecule is Fc1ccc(CNc2cncc(-n3ccnc3)n2)cc1. The molecule has 0 bridgehead atoms. The highest BCUT2D eigenvalue weighted by atomic mass is 19.1. The number of rotatable bonds is 4. The fourth-order valence-electron chi connectivity index (χ4n) is 1.75. The lowest BCUT2D eigenvalue weighted by molar-refractivity contribution is 0.627. The molecule has 0 aliphatic rings. The van der Waals surface area contributed by atoms with Gasteiger partial charge < -0.3 is 5.32 Å². The molecule has 0 radical (unpaired) electrons. The van der Waals surface area contributed by atoms with Gasteiger partial charge in [0.05, 0.1) is 12.4 Å². The number of hydrogen-bond donors (Lipinski definition) is 1. The van der Waals surface area contributed by atoms with Crippen LogP contribution in [0, 0.1) is 5.82 Å². The normalized spacial score (nSPS) is 10.4. The van der Waals surface area contributed by atoms with Crippen LogP contribution in [-0.4, -0.2) is 19.5 Å². The highest BCUT2D eigenvalue weighted by molar-refractivity contribution is 5.37. The Hall–Kier alpha value is -2.76. The predicted octanol–water partition coefficient (Wildman–Crippen LogP) is 2.41. The third-order valence-corrected chi connectivity index (χ3v) is 2.78. The number of imidazole rings is 1. The summed E-state index contributed by atoms with van der Waals surface area (Å²) < 4.78 is 14.6. The average molecular weight is 269 g/mol. The second-order valence-corrected chi connectivity index (χ2v) is 4.21. The second-order valence-electron chi connectivity index (χ2n) is 4.21. The van der Waals surface area contributed by atoms with Crippen molar-refractivity contribution in [2.75, 3.05) is 5.32 Å². The predicted molar refractivity (Wildman–Crippen MR) is 72.9 cm³/mol.